The second-order valence-electron chi connectivity index (χ2n) is 7.42. The summed E-state index contributed by atoms with van der Waals surface area (Å²) in [6, 6.07) is 17.3. The average Bonchev–Trinajstić information content (AvgIpc) is 2.98. The highest BCUT2D eigenvalue weighted by Gasteiger charge is 2.40. The Morgan fingerprint density at radius 2 is 1.70 bits per heavy atom. The van der Waals surface area contributed by atoms with Gasteiger partial charge in [0.1, 0.15) is 11.4 Å². The van der Waals surface area contributed by atoms with E-state index in [0.29, 0.717) is 29.9 Å². The minimum Gasteiger partial charge on any atom is -0.491 e. The van der Waals surface area contributed by atoms with Gasteiger partial charge in [-0.05, 0) is 44.0 Å². The van der Waals surface area contributed by atoms with Crippen LogP contribution in [0.5, 0.6) is 5.75 Å². The van der Waals surface area contributed by atoms with Gasteiger partial charge >= 0.3 is 0 Å². The van der Waals surface area contributed by atoms with E-state index in [-0.39, 0.29) is 24.5 Å². The van der Waals surface area contributed by atoms with E-state index in [1.807, 2.05) is 80.3 Å². The minimum absolute atomic E-state index is 0.0601. The molecule has 0 fully saturated rings. The van der Waals surface area contributed by atoms with Crippen molar-refractivity contribution in [2.75, 3.05) is 13.1 Å². The van der Waals surface area contributed by atoms with Crippen LogP contribution in [0.4, 0.5) is 0 Å². The topological polar surface area (TPSA) is 49.9 Å². The Bertz CT molecular complexity index is 946. The Hall–Kier alpha value is -3.34. The molecule has 0 radical (unpaired) electrons. The molecule has 1 heterocycles. The van der Waals surface area contributed by atoms with Crippen LogP contribution in [0.25, 0.3) is 5.57 Å². The first-order chi connectivity index (χ1) is 14.5. The largest absolute Gasteiger partial charge is 0.491 e. The second kappa shape index (κ2) is 9.44. The van der Waals surface area contributed by atoms with Crippen molar-refractivity contribution in [3.63, 3.8) is 0 Å². The zero-order valence-corrected chi connectivity index (χ0v) is 17.8. The Morgan fingerprint density at radius 1 is 1.03 bits per heavy atom. The van der Waals surface area contributed by atoms with Crippen LogP contribution in [0, 0.1) is 0 Å². The molecule has 3 rings (SSSR count). The molecule has 2 aromatic rings. The first-order valence-corrected chi connectivity index (χ1v) is 10.2. The Labute approximate surface area is 178 Å². The summed E-state index contributed by atoms with van der Waals surface area (Å²) in [5, 5.41) is 0. The zero-order chi connectivity index (χ0) is 21.7. The molecule has 0 unspecified atom stereocenters. The molecule has 156 valence electrons. The van der Waals surface area contributed by atoms with Gasteiger partial charge in [-0.1, -0.05) is 48.5 Å². The summed E-state index contributed by atoms with van der Waals surface area (Å²) < 4.78 is 5.71. The number of benzene rings is 2. The molecule has 0 atom stereocenters. The van der Waals surface area contributed by atoms with Crippen LogP contribution in [-0.2, 0) is 16.1 Å². The number of ether oxygens (including phenoxy) is 1. The number of carbonyl (C=O) groups excluding carboxylic acids is 2. The molecule has 5 nitrogen and oxygen atoms in total. The molecule has 5 heteroatoms. The van der Waals surface area contributed by atoms with Crippen LogP contribution in [0.3, 0.4) is 0 Å². The lowest BCUT2D eigenvalue weighted by Crippen LogP contribution is -2.35. The highest BCUT2D eigenvalue weighted by molar-refractivity contribution is 6.35. The molecular formula is C25H28N2O3. The van der Waals surface area contributed by atoms with E-state index in [9.17, 15) is 9.59 Å². The first kappa shape index (κ1) is 21.4. The second-order valence-corrected chi connectivity index (χ2v) is 7.42. The van der Waals surface area contributed by atoms with Gasteiger partial charge in [0.05, 0.1) is 11.7 Å². The summed E-state index contributed by atoms with van der Waals surface area (Å²) in [4.78, 5) is 29.6. The van der Waals surface area contributed by atoms with E-state index < -0.39 is 0 Å². The monoisotopic (exact) mass is 404 g/mol. The number of carbonyl (C=O) groups is 2. The first-order valence-electron chi connectivity index (χ1n) is 10.2. The molecular weight excluding hydrogens is 376 g/mol. The number of rotatable bonds is 9. The van der Waals surface area contributed by atoms with Crippen molar-refractivity contribution >= 4 is 17.4 Å². The van der Waals surface area contributed by atoms with Gasteiger partial charge in [-0.25, -0.2) is 0 Å². The lowest BCUT2D eigenvalue weighted by atomic mass is 10.0. The predicted octanol–water partition coefficient (Wildman–Crippen LogP) is 4.26. The van der Waals surface area contributed by atoms with Gasteiger partial charge in [0.25, 0.3) is 11.8 Å². The van der Waals surface area contributed by atoms with Crippen molar-refractivity contribution in [2.45, 2.75) is 33.4 Å². The van der Waals surface area contributed by atoms with E-state index in [4.69, 9.17) is 4.74 Å². The number of hydrogen-bond acceptors (Lipinski definition) is 4. The maximum atomic E-state index is 13.2. The summed E-state index contributed by atoms with van der Waals surface area (Å²) in [5.41, 5.74) is 2.65. The molecule has 30 heavy (non-hydrogen) atoms. The van der Waals surface area contributed by atoms with E-state index in [1.54, 1.807) is 6.08 Å². The van der Waals surface area contributed by atoms with Crippen molar-refractivity contribution < 1.29 is 14.3 Å². The van der Waals surface area contributed by atoms with E-state index in [0.717, 1.165) is 11.3 Å². The summed E-state index contributed by atoms with van der Waals surface area (Å²) in [6.45, 7) is 10.9. The summed E-state index contributed by atoms with van der Waals surface area (Å²) in [5.74, 6) is 0.154. The zero-order valence-electron chi connectivity index (χ0n) is 17.8. The standard InChI is InChI=1S/C25H28N2O3/c1-5-16-27-24(28)22(20-12-14-21(15-13-20)30-18(3)4)23(25(27)29)26(6-2)17-19-10-8-7-9-11-19/h5,7-15,18H,1,6,16-17H2,2-4H3. The normalized spacial score (nSPS) is 13.9. The molecule has 0 aliphatic carbocycles. The highest BCUT2D eigenvalue weighted by atomic mass is 16.5. The van der Waals surface area contributed by atoms with Gasteiger partial charge < -0.3 is 9.64 Å². The Morgan fingerprint density at radius 3 is 2.27 bits per heavy atom. The molecule has 1 aliphatic rings. The van der Waals surface area contributed by atoms with Gasteiger partial charge in [-0.2, -0.15) is 0 Å². The molecule has 2 amide bonds. The molecule has 0 saturated carbocycles. The Kier molecular flexibility index (Phi) is 6.72. The quantitative estimate of drug-likeness (QED) is 0.463. The van der Waals surface area contributed by atoms with Crippen LogP contribution >= 0.6 is 0 Å². The van der Waals surface area contributed by atoms with Crippen molar-refractivity contribution in [3.8, 4) is 5.75 Å². The summed E-state index contributed by atoms with van der Waals surface area (Å²) in [6.07, 6.45) is 1.63. The number of amides is 2. The van der Waals surface area contributed by atoms with E-state index in [2.05, 4.69) is 6.58 Å². The number of nitrogens with zero attached hydrogens (tertiary/aromatic N) is 2. The van der Waals surface area contributed by atoms with Gasteiger partial charge in [-0.15, -0.1) is 6.58 Å². The molecule has 1 aliphatic heterocycles. The SMILES string of the molecule is C=CCN1C(=O)C(c2ccc(OC(C)C)cc2)=C(N(CC)Cc2ccccc2)C1=O. The smallest absolute Gasteiger partial charge is 0.278 e. The number of likely N-dealkylation sites (N-methyl/N-ethyl adjacent to an activating group) is 1. The van der Waals surface area contributed by atoms with Gasteiger partial charge in [0.15, 0.2) is 0 Å². The fourth-order valence-electron chi connectivity index (χ4n) is 3.54. The third-order valence-corrected chi connectivity index (χ3v) is 4.88. The lowest BCUT2D eigenvalue weighted by molar-refractivity contribution is -0.136. The summed E-state index contributed by atoms with van der Waals surface area (Å²) >= 11 is 0. The van der Waals surface area contributed by atoms with Crippen molar-refractivity contribution in [1.29, 1.82) is 0 Å². The fraction of sp³-hybridized carbons (Fsp3) is 0.280. The van der Waals surface area contributed by atoms with E-state index in [1.165, 1.54) is 4.90 Å². The molecule has 0 spiro atoms. The van der Waals surface area contributed by atoms with Crippen LogP contribution in [-0.4, -0.2) is 40.8 Å². The molecule has 0 N–H and O–H groups in total. The third kappa shape index (κ3) is 4.46. The van der Waals surface area contributed by atoms with Gasteiger partial charge in [0.2, 0.25) is 0 Å². The third-order valence-electron chi connectivity index (χ3n) is 4.88. The number of imide groups is 1. The molecule has 0 aromatic heterocycles. The minimum atomic E-state index is -0.293. The van der Waals surface area contributed by atoms with Crippen LogP contribution in [0.15, 0.2) is 72.9 Å². The maximum Gasteiger partial charge on any atom is 0.278 e. The van der Waals surface area contributed by atoms with Gasteiger partial charge in [0, 0.05) is 19.6 Å². The van der Waals surface area contributed by atoms with Crippen LogP contribution in [0.1, 0.15) is 31.9 Å². The fourth-order valence-corrected chi connectivity index (χ4v) is 3.54. The lowest BCUT2D eigenvalue weighted by Gasteiger charge is -2.24. The maximum absolute atomic E-state index is 13.2. The van der Waals surface area contributed by atoms with Crippen LogP contribution in [0.2, 0.25) is 0 Å². The van der Waals surface area contributed by atoms with Crippen molar-refractivity contribution in [1.82, 2.24) is 9.80 Å². The van der Waals surface area contributed by atoms with Crippen molar-refractivity contribution in [3.05, 3.63) is 84.1 Å². The van der Waals surface area contributed by atoms with Crippen molar-refractivity contribution in [2.24, 2.45) is 0 Å². The predicted molar refractivity (Wildman–Crippen MR) is 119 cm³/mol. The Balaban J connectivity index is 2.04. The summed E-state index contributed by atoms with van der Waals surface area (Å²) in [7, 11) is 0. The number of hydrogen-bond donors (Lipinski definition) is 0. The highest BCUT2D eigenvalue weighted by Crippen LogP contribution is 2.33. The van der Waals surface area contributed by atoms with Gasteiger partial charge in [-0.3, -0.25) is 14.5 Å². The molecule has 0 saturated heterocycles. The average molecular weight is 405 g/mol. The molecule has 2 aromatic carbocycles. The van der Waals surface area contributed by atoms with E-state index >= 15 is 0 Å². The van der Waals surface area contributed by atoms with Crippen LogP contribution < -0.4 is 4.74 Å². The molecule has 0 bridgehead atoms.